The number of nitrogens with zero attached hydrogens (tertiary/aromatic N) is 2. The van der Waals surface area contributed by atoms with Gasteiger partial charge in [-0.05, 0) is 73.2 Å². The van der Waals surface area contributed by atoms with E-state index in [0.29, 0.717) is 24.2 Å². The van der Waals surface area contributed by atoms with Crippen LogP contribution in [0.2, 0.25) is 0 Å². The number of aromatic nitrogens is 2. The largest absolute Gasteiger partial charge is 0.478 e. The van der Waals surface area contributed by atoms with Gasteiger partial charge in [0.1, 0.15) is 11.3 Å². The molecule has 0 bridgehead atoms. The van der Waals surface area contributed by atoms with E-state index in [0.717, 1.165) is 58.5 Å². The zero-order valence-corrected chi connectivity index (χ0v) is 21.3. The second-order valence-electron chi connectivity index (χ2n) is 9.12. The number of aryl methyl sites for hydroxylation is 3. The molecule has 4 aromatic rings. The van der Waals surface area contributed by atoms with E-state index in [1.54, 1.807) is 12.1 Å². The summed E-state index contributed by atoms with van der Waals surface area (Å²) in [6, 6.07) is 16.8. The fraction of sp³-hybridized carbons (Fsp3) is 0.300. The molecule has 6 nitrogen and oxygen atoms in total. The highest BCUT2D eigenvalue weighted by atomic mass is 16.5. The number of carbonyl (C=O) groups excluding carboxylic acids is 1. The molecule has 0 aliphatic rings. The van der Waals surface area contributed by atoms with Crippen LogP contribution < -0.4 is 4.74 Å². The first-order valence-corrected chi connectivity index (χ1v) is 12.5. The lowest BCUT2D eigenvalue weighted by Gasteiger charge is -2.15. The Hall–Kier alpha value is -3.93. The third kappa shape index (κ3) is 4.89. The van der Waals surface area contributed by atoms with Crippen LogP contribution in [0.25, 0.3) is 27.8 Å². The van der Waals surface area contributed by atoms with E-state index < -0.39 is 5.97 Å². The van der Waals surface area contributed by atoms with Gasteiger partial charge < -0.3 is 9.84 Å². The molecule has 186 valence electrons. The van der Waals surface area contributed by atoms with Crippen LogP contribution in [-0.4, -0.2) is 26.6 Å². The molecule has 0 aliphatic carbocycles. The number of hydrogen-bond acceptors (Lipinski definition) is 4. The van der Waals surface area contributed by atoms with Crippen LogP contribution in [0.1, 0.15) is 66.8 Å². The van der Waals surface area contributed by atoms with Crippen LogP contribution in [0.3, 0.4) is 0 Å². The summed E-state index contributed by atoms with van der Waals surface area (Å²) in [5.74, 6) is 0.196. The van der Waals surface area contributed by atoms with Gasteiger partial charge in [-0.3, -0.25) is 9.36 Å². The van der Waals surface area contributed by atoms with Crippen molar-refractivity contribution in [1.82, 2.24) is 9.55 Å². The summed E-state index contributed by atoms with van der Waals surface area (Å²) in [5.41, 5.74) is 6.27. The Kier molecular flexibility index (Phi) is 7.53. The van der Waals surface area contributed by atoms with Crippen LogP contribution in [-0.2, 0) is 11.2 Å². The standard InChI is InChI=1S/C30H32N2O4/c1-5-7-13-26-31-28-19(3)14-17-25(36-27(33)10-6-2)29(28)32(26)21-15-16-22(20(4)18-21)23-11-8-9-12-24(23)30(34)35/h8-9,11-12,14-18H,5-7,10,13H2,1-4H3,(H,34,35). The van der Waals surface area contributed by atoms with Gasteiger partial charge >= 0.3 is 11.9 Å². The highest BCUT2D eigenvalue weighted by Gasteiger charge is 2.21. The van der Waals surface area contributed by atoms with E-state index in [4.69, 9.17) is 9.72 Å². The fourth-order valence-electron chi connectivity index (χ4n) is 4.56. The molecule has 6 heteroatoms. The molecule has 1 N–H and O–H groups in total. The third-order valence-electron chi connectivity index (χ3n) is 6.39. The van der Waals surface area contributed by atoms with Crippen molar-refractivity contribution in [2.24, 2.45) is 0 Å². The van der Waals surface area contributed by atoms with Crippen molar-refractivity contribution in [1.29, 1.82) is 0 Å². The molecule has 1 aromatic heterocycles. The molecule has 0 saturated heterocycles. The topological polar surface area (TPSA) is 81.4 Å². The maximum Gasteiger partial charge on any atom is 0.336 e. The first kappa shape index (κ1) is 25.2. The van der Waals surface area contributed by atoms with Crippen molar-refractivity contribution in [3.8, 4) is 22.6 Å². The second-order valence-corrected chi connectivity index (χ2v) is 9.12. The molecular weight excluding hydrogens is 452 g/mol. The minimum atomic E-state index is -0.953. The number of carboxylic acid groups (broad SMARTS) is 1. The van der Waals surface area contributed by atoms with Crippen molar-refractivity contribution in [2.45, 2.75) is 59.8 Å². The lowest BCUT2D eigenvalue weighted by Crippen LogP contribution is -2.09. The molecule has 36 heavy (non-hydrogen) atoms. The summed E-state index contributed by atoms with van der Waals surface area (Å²) < 4.78 is 7.89. The summed E-state index contributed by atoms with van der Waals surface area (Å²) >= 11 is 0. The summed E-state index contributed by atoms with van der Waals surface area (Å²) in [5, 5.41) is 9.67. The molecule has 0 atom stereocenters. The SMILES string of the molecule is CCCCc1nc2c(C)ccc(OC(=O)CCC)c2n1-c1ccc(-c2ccccc2C(=O)O)c(C)c1. The summed E-state index contributed by atoms with van der Waals surface area (Å²) in [6.45, 7) is 8.09. The predicted octanol–water partition coefficient (Wildman–Crippen LogP) is 7.06. The lowest BCUT2D eigenvalue weighted by molar-refractivity contribution is -0.134. The fourth-order valence-corrected chi connectivity index (χ4v) is 4.56. The highest BCUT2D eigenvalue weighted by molar-refractivity contribution is 5.96. The smallest absolute Gasteiger partial charge is 0.336 e. The number of carboxylic acids is 1. The van der Waals surface area contributed by atoms with Gasteiger partial charge in [-0.2, -0.15) is 0 Å². The molecule has 4 rings (SSSR count). The number of aromatic carboxylic acids is 1. The average molecular weight is 485 g/mol. The number of fused-ring (bicyclic) bond motifs is 1. The van der Waals surface area contributed by atoms with Gasteiger partial charge in [0.25, 0.3) is 0 Å². The van der Waals surface area contributed by atoms with Crippen LogP contribution in [0.4, 0.5) is 0 Å². The van der Waals surface area contributed by atoms with Crippen LogP contribution in [0.5, 0.6) is 5.75 Å². The molecular formula is C30H32N2O4. The molecule has 1 heterocycles. The van der Waals surface area contributed by atoms with Crippen LogP contribution in [0.15, 0.2) is 54.6 Å². The van der Waals surface area contributed by atoms with Crippen LogP contribution in [0, 0.1) is 13.8 Å². The Labute approximate surface area is 211 Å². The van der Waals surface area contributed by atoms with Crippen molar-refractivity contribution in [3.63, 3.8) is 0 Å². The van der Waals surface area contributed by atoms with Crippen molar-refractivity contribution in [3.05, 3.63) is 77.1 Å². The van der Waals surface area contributed by atoms with E-state index in [2.05, 4.69) is 11.5 Å². The first-order valence-electron chi connectivity index (χ1n) is 12.5. The quantitative estimate of drug-likeness (QED) is 0.203. The van der Waals surface area contributed by atoms with Gasteiger partial charge in [0.05, 0.1) is 11.1 Å². The van der Waals surface area contributed by atoms with E-state index in [1.807, 2.05) is 63.2 Å². The Morgan fingerprint density at radius 1 is 0.944 bits per heavy atom. The van der Waals surface area contributed by atoms with Gasteiger partial charge in [-0.15, -0.1) is 0 Å². The zero-order chi connectivity index (χ0) is 25.8. The van der Waals surface area contributed by atoms with E-state index >= 15 is 0 Å². The Morgan fingerprint density at radius 3 is 2.42 bits per heavy atom. The number of ether oxygens (including phenoxy) is 1. The molecule has 0 unspecified atom stereocenters. The highest BCUT2D eigenvalue weighted by Crippen LogP contribution is 2.35. The van der Waals surface area contributed by atoms with Gasteiger partial charge in [-0.25, -0.2) is 9.78 Å². The zero-order valence-electron chi connectivity index (χ0n) is 21.3. The number of esters is 1. The molecule has 3 aromatic carbocycles. The Bertz CT molecular complexity index is 1430. The number of unbranched alkanes of at least 4 members (excludes halogenated alkanes) is 1. The first-order chi connectivity index (χ1) is 17.3. The van der Waals surface area contributed by atoms with E-state index in [-0.39, 0.29) is 11.5 Å². The maximum atomic E-state index is 12.4. The lowest BCUT2D eigenvalue weighted by atomic mass is 9.95. The van der Waals surface area contributed by atoms with Crippen molar-refractivity contribution in [2.75, 3.05) is 0 Å². The third-order valence-corrected chi connectivity index (χ3v) is 6.39. The monoisotopic (exact) mass is 484 g/mol. The average Bonchev–Trinajstić information content (AvgIpc) is 3.25. The van der Waals surface area contributed by atoms with Gasteiger partial charge in [-0.1, -0.05) is 50.6 Å². The molecule has 0 amide bonds. The normalized spacial score (nSPS) is 11.1. The summed E-state index contributed by atoms with van der Waals surface area (Å²) in [4.78, 5) is 29.2. The Morgan fingerprint density at radius 2 is 1.72 bits per heavy atom. The summed E-state index contributed by atoms with van der Waals surface area (Å²) in [7, 11) is 0. The van der Waals surface area contributed by atoms with Crippen LogP contribution >= 0.6 is 0 Å². The number of carbonyl (C=O) groups is 2. The summed E-state index contributed by atoms with van der Waals surface area (Å²) in [6.07, 6.45) is 3.87. The van der Waals surface area contributed by atoms with Gasteiger partial charge in [0.2, 0.25) is 0 Å². The minimum Gasteiger partial charge on any atom is -0.478 e. The van der Waals surface area contributed by atoms with Crippen molar-refractivity contribution >= 4 is 23.0 Å². The second kappa shape index (κ2) is 10.8. The molecule has 0 spiro atoms. The number of imidazole rings is 1. The minimum absolute atomic E-state index is 0.262. The number of benzene rings is 3. The molecule has 0 radical (unpaired) electrons. The molecule has 0 saturated carbocycles. The van der Waals surface area contributed by atoms with Gasteiger partial charge in [0.15, 0.2) is 5.75 Å². The number of rotatable bonds is 9. The van der Waals surface area contributed by atoms with E-state index in [1.165, 1.54) is 0 Å². The molecule has 0 aliphatic heterocycles. The van der Waals surface area contributed by atoms with E-state index in [9.17, 15) is 14.7 Å². The van der Waals surface area contributed by atoms with Crippen molar-refractivity contribution < 1.29 is 19.4 Å². The maximum absolute atomic E-state index is 12.4. The van der Waals surface area contributed by atoms with Gasteiger partial charge in [0, 0.05) is 18.5 Å². The number of hydrogen-bond donors (Lipinski definition) is 1. The Balaban J connectivity index is 1.91. The predicted molar refractivity (Wildman–Crippen MR) is 142 cm³/mol. The molecule has 0 fully saturated rings.